The highest BCUT2D eigenvalue weighted by Crippen LogP contribution is 2.62. The van der Waals surface area contributed by atoms with Crippen molar-refractivity contribution < 1.29 is 9.47 Å². The number of fused-ring (bicyclic) bond motifs is 1. The van der Waals surface area contributed by atoms with Crippen LogP contribution in [0.3, 0.4) is 0 Å². The number of hydrogen-bond acceptors (Lipinski definition) is 3. The van der Waals surface area contributed by atoms with Gasteiger partial charge in [-0.25, -0.2) is 0 Å². The summed E-state index contributed by atoms with van der Waals surface area (Å²) in [6.07, 6.45) is 4.24. The van der Waals surface area contributed by atoms with Gasteiger partial charge in [-0.2, -0.15) is 0 Å². The zero-order valence-corrected chi connectivity index (χ0v) is 12.0. The minimum Gasteiger partial charge on any atom is -0.497 e. The van der Waals surface area contributed by atoms with Gasteiger partial charge in [0.1, 0.15) is 11.5 Å². The first-order chi connectivity index (χ1) is 9.28. The summed E-state index contributed by atoms with van der Waals surface area (Å²) in [6.45, 7) is 0. The predicted octanol–water partition coefficient (Wildman–Crippen LogP) is 3.01. The van der Waals surface area contributed by atoms with E-state index >= 15 is 0 Å². The van der Waals surface area contributed by atoms with Crippen molar-refractivity contribution >= 4 is 0 Å². The second kappa shape index (κ2) is 5.04. The summed E-state index contributed by atoms with van der Waals surface area (Å²) >= 11 is 0. The molecule has 1 N–H and O–H groups in total. The van der Waals surface area contributed by atoms with Crippen LogP contribution in [-0.2, 0) is 0 Å². The topological polar surface area (TPSA) is 30.5 Å². The highest BCUT2D eigenvalue weighted by Gasteiger charge is 2.55. The van der Waals surface area contributed by atoms with Crippen LogP contribution in [0.25, 0.3) is 0 Å². The molecule has 2 aliphatic carbocycles. The molecule has 3 unspecified atom stereocenters. The smallest absolute Gasteiger partial charge is 0.122 e. The Hall–Kier alpha value is -1.22. The Balaban J connectivity index is 1.86. The molecule has 0 amide bonds. The van der Waals surface area contributed by atoms with Gasteiger partial charge in [0.25, 0.3) is 0 Å². The van der Waals surface area contributed by atoms with Crippen molar-refractivity contribution in [1.29, 1.82) is 0 Å². The van der Waals surface area contributed by atoms with E-state index in [2.05, 4.69) is 24.5 Å². The van der Waals surface area contributed by atoms with Gasteiger partial charge in [-0.05, 0) is 55.3 Å². The zero-order valence-electron chi connectivity index (χ0n) is 12.0. The van der Waals surface area contributed by atoms with Crippen LogP contribution in [0, 0.1) is 17.8 Å². The van der Waals surface area contributed by atoms with E-state index in [9.17, 15) is 0 Å². The molecule has 0 saturated heterocycles. The fourth-order valence-electron chi connectivity index (χ4n) is 3.96. The van der Waals surface area contributed by atoms with Crippen LogP contribution in [0.4, 0.5) is 0 Å². The highest BCUT2D eigenvalue weighted by molar-refractivity contribution is 5.40. The fraction of sp³-hybridized carbons (Fsp3) is 0.625. The van der Waals surface area contributed by atoms with Crippen LogP contribution in [0.15, 0.2) is 18.2 Å². The Morgan fingerprint density at radius 3 is 2.11 bits per heavy atom. The molecule has 0 bridgehead atoms. The Bertz CT molecular complexity index is 428. The second-order valence-corrected chi connectivity index (χ2v) is 5.75. The summed E-state index contributed by atoms with van der Waals surface area (Å²) in [5.41, 5.74) is 1.29. The Morgan fingerprint density at radius 1 is 1.05 bits per heavy atom. The van der Waals surface area contributed by atoms with Crippen molar-refractivity contribution in [3.63, 3.8) is 0 Å². The zero-order chi connectivity index (χ0) is 13.4. The lowest BCUT2D eigenvalue weighted by atomic mass is 9.96. The number of benzene rings is 1. The molecule has 2 fully saturated rings. The first kappa shape index (κ1) is 12.8. The molecule has 2 saturated carbocycles. The Kier molecular flexibility index (Phi) is 3.40. The number of nitrogens with one attached hydrogen (secondary N) is 1. The molecule has 19 heavy (non-hydrogen) atoms. The van der Waals surface area contributed by atoms with Crippen molar-refractivity contribution in [3.8, 4) is 11.5 Å². The number of methoxy groups -OCH3 is 2. The molecular weight excluding hydrogens is 238 g/mol. The number of rotatable bonds is 5. The lowest BCUT2D eigenvalue weighted by molar-refractivity contribution is 0.388. The molecule has 3 atom stereocenters. The third-order valence-electron chi connectivity index (χ3n) is 4.90. The third kappa shape index (κ3) is 2.20. The van der Waals surface area contributed by atoms with Gasteiger partial charge in [0, 0.05) is 12.1 Å². The highest BCUT2D eigenvalue weighted by atomic mass is 16.5. The van der Waals surface area contributed by atoms with E-state index in [0.717, 1.165) is 29.3 Å². The van der Waals surface area contributed by atoms with E-state index in [0.29, 0.717) is 6.04 Å². The average Bonchev–Trinajstić information content (AvgIpc) is 2.91. The molecular formula is C16H23NO2. The molecule has 0 spiro atoms. The van der Waals surface area contributed by atoms with Gasteiger partial charge in [-0.3, -0.25) is 0 Å². The first-order valence-electron chi connectivity index (χ1n) is 7.18. The van der Waals surface area contributed by atoms with Crippen molar-refractivity contribution in [2.75, 3.05) is 21.3 Å². The maximum atomic E-state index is 5.38. The predicted molar refractivity (Wildman–Crippen MR) is 75.7 cm³/mol. The summed E-state index contributed by atoms with van der Waals surface area (Å²) in [4.78, 5) is 0. The molecule has 3 heteroatoms. The van der Waals surface area contributed by atoms with Gasteiger partial charge in [0.15, 0.2) is 0 Å². The second-order valence-electron chi connectivity index (χ2n) is 5.75. The monoisotopic (exact) mass is 261 g/mol. The van der Waals surface area contributed by atoms with Crippen LogP contribution in [-0.4, -0.2) is 21.3 Å². The van der Waals surface area contributed by atoms with Gasteiger partial charge in [-0.15, -0.1) is 0 Å². The standard InChI is InChI=1S/C16H23NO2/c1-17-16(15-13-5-4-6-14(13)15)10-7-11(18-2)9-12(8-10)19-3/h7-9,13-17H,4-6H2,1-3H3. The van der Waals surface area contributed by atoms with Crippen LogP contribution in [0.2, 0.25) is 0 Å². The molecule has 2 aliphatic rings. The molecule has 0 radical (unpaired) electrons. The Labute approximate surface area is 115 Å². The van der Waals surface area contributed by atoms with Crippen LogP contribution in [0.5, 0.6) is 11.5 Å². The first-order valence-corrected chi connectivity index (χ1v) is 7.18. The summed E-state index contributed by atoms with van der Waals surface area (Å²) in [5, 5.41) is 3.50. The molecule has 0 aromatic heterocycles. The molecule has 0 aliphatic heterocycles. The van der Waals surface area contributed by atoms with Crippen LogP contribution < -0.4 is 14.8 Å². The van der Waals surface area contributed by atoms with Gasteiger partial charge in [-0.1, -0.05) is 6.42 Å². The molecule has 1 aromatic carbocycles. The normalized spacial score (nSPS) is 29.7. The maximum absolute atomic E-state index is 5.38. The summed E-state index contributed by atoms with van der Waals surface area (Å²) in [6, 6.07) is 6.64. The van der Waals surface area contributed by atoms with Gasteiger partial charge in [0.2, 0.25) is 0 Å². The van der Waals surface area contributed by atoms with Gasteiger partial charge >= 0.3 is 0 Å². The van der Waals surface area contributed by atoms with E-state index in [1.54, 1.807) is 14.2 Å². The van der Waals surface area contributed by atoms with Crippen LogP contribution in [0.1, 0.15) is 30.9 Å². The molecule has 1 aromatic rings. The van der Waals surface area contributed by atoms with Gasteiger partial charge in [0.05, 0.1) is 14.2 Å². The van der Waals surface area contributed by atoms with Crippen molar-refractivity contribution in [2.24, 2.45) is 17.8 Å². The average molecular weight is 261 g/mol. The molecule has 3 nitrogen and oxygen atoms in total. The van der Waals surface area contributed by atoms with E-state index < -0.39 is 0 Å². The summed E-state index contributed by atoms with van der Waals surface area (Å²) in [7, 11) is 5.47. The van der Waals surface area contributed by atoms with E-state index in [-0.39, 0.29) is 0 Å². The minimum absolute atomic E-state index is 0.430. The SMILES string of the molecule is CNC(c1cc(OC)cc(OC)c1)C1C2CCCC21. The lowest BCUT2D eigenvalue weighted by Crippen LogP contribution is -2.20. The lowest BCUT2D eigenvalue weighted by Gasteiger charge is -2.20. The van der Waals surface area contributed by atoms with Gasteiger partial charge < -0.3 is 14.8 Å². The maximum Gasteiger partial charge on any atom is 0.122 e. The number of hydrogen-bond donors (Lipinski definition) is 1. The van der Waals surface area contributed by atoms with Crippen molar-refractivity contribution in [1.82, 2.24) is 5.32 Å². The fourth-order valence-corrected chi connectivity index (χ4v) is 3.96. The molecule has 104 valence electrons. The quantitative estimate of drug-likeness (QED) is 0.884. The van der Waals surface area contributed by atoms with Crippen molar-refractivity contribution in [2.45, 2.75) is 25.3 Å². The van der Waals surface area contributed by atoms with Crippen molar-refractivity contribution in [3.05, 3.63) is 23.8 Å². The molecule has 3 rings (SSSR count). The van der Waals surface area contributed by atoms with E-state index in [4.69, 9.17) is 9.47 Å². The number of ether oxygens (including phenoxy) is 2. The third-order valence-corrected chi connectivity index (χ3v) is 4.90. The van der Waals surface area contributed by atoms with E-state index in [1.165, 1.54) is 24.8 Å². The van der Waals surface area contributed by atoms with Crippen LogP contribution >= 0.6 is 0 Å². The van der Waals surface area contributed by atoms with E-state index in [1.807, 2.05) is 6.07 Å². The summed E-state index contributed by atoms with van der Waals surface area (Å²) in [5.74, 6) is 4.43. The summed E-state index contributed by atoms with van der Waals surface area (Å²) < 4.78 is 10.8. The largest absolute Gasteiger partial charge is 0.497 e. The minimum atomic E-state index is 0.430. The molecule has 0 heterocycles. The Morgan fingerprint density at radius 2 is 1.63 bits per heavy atom.